The van der Waals surface area contributed by atoms with E-state index in [1.807, 2.05) is 0 Å². The maximum Gasteiger partial charge on any atom is 0.194 e. The van der Waals surface area contributed by atoms with Crippen LogP contribution < -0.4 is 0 Å². The number of rotatable bonds is 0. The van der Waals surface area contributed by atoms with Gasteiger partial charge in [-0.3, -0.25) is 0 Å². The van der Waals surface area contributed by atoms with Crippen molar-refractivity contribution in [3.8, 4) is 23.0 Å². The largest absolute Gasteiger partial charge is 0.504 e. The smallest absolute Gasteiger partial charge is 0.194 e. The number of phenolic OH excluding ortho intramolecular Hbond substituents is 4. The Labute approximate surface area is 101 Å². The van der Waals surface area contributed by atoms with Crippen molar-refractivity contribution >= 4 is 0 Å². The van der Waals surface area contributed by atoms with E-state index >= 15 is 0 Å². The topological polar surface area (TPSA) is 80.9 Å². The highest BCUT2D eigenvalue weighted by Crippen LogP contribution is 2.26. The molecule has 0 saturated carbocycles. The monoisotopic (exact) mass is 256 g/mol. The summed E-state index contributed by atoms with van der Waals surface area (Å²) in [6.45, 7) is 0. The molecule has 0 aliphatic heterocycles. The maximum absolute atomic E-state index is 12.2. The molecule has 0 heterocycles. The molecule has 0 saturated heterocycles. The van der Waals surface area contributed by atoms with Gasteiger partial charge in [0.1, 0.15) is 0 Å². The molecule has 4 nitrogen and oxygen atoms in total. The Hall–Kier alpha value is -2.50. The van der Waals surface area contributed by atoms with Crippen LogP contribution in [-0.4, -0.2) is 20.4 Å². The molecule has 0 amide bonds. The summed E-state index contributed by atoms with van der Waals surface area (Å²) in [4.78, 5) is 0. The van der Waals surface area contributed by atoms with Gasteiger partial charge in [0.25, 0.3) is 0 Å². The Bertz CT molecular complexity index is 454. The van der Waals surface area contributed by atoms with Crippen LogP contribution in [0.3, 0.4) is 0 Å². The summed E-state index contributed by atoms with van der Waals surface area (Å²) in [5.74, 6) is -3.88. The van der Waals surface area contributed by atoms with E-state index in [9.17, 15) is 8.78 Å². The molecular weight excluding hydrogens is 246 g/mol. The van der Waals surface area contributed by atoms with E-state index < -0.39 is 34.6 Å². The number of hydrogen-bond donors (Lipinski definition) is 4. The Morgan fingerprint density at radius 1 is 0.611 bits per heavy atom. The lowest BCUT2D eigenvalue weighted by molar-refractivity contribution is 0.379. The first-order valence-electron chi connectivity index (χ1n) is 4.76. The van der Waals surface area contributed by atoms with Gasteiger partial charge in [0, 0.05) is 0 Å². The van der Waals surface area contributed by atoms with Crippen molar-refractivity contribution in [3.63, 3.8) is 0 Å². The van der Waals surface area contributed by atoms with Crippen LogP contribution in [0.2, 0.25) is 0 Å². The summed E-state index contributed by atoms with van der Waals surface area (Å²) in [6.07, 6.45) is 0. The number of aromatic hydroxyl groups is 4. The molecular formula is C12H10F2O4. The second-order valence-electron chi connectivity index (χ2n) is 3.22. The van der Waals surface area contributed by atoms with Gasteiger partial charge in [-0.2, -0.15) is 0 Å². The maximum atomic E-state index is 12.2. The van der Waals surface area contributed by atoms with Gasteiger partial charge in [0.2, 0.25) is 0 Å². The molecule has 0 radical (unpaired) electrons. The Balaban J connectivity index is 0.000000180. The summed E-state index contributed by atoms with van der Waals surface area (Å²) in [7, 11) is 0. The SMILES string of the molecule is Oc1cccc(F)c1O.Oc1cccc(F)c1O. The lowest BCUT2D eigenvalue weighted by Gasteiger charge is -1.94. The van der Waals surface area contributed by atoms with E-state index in [0.717, 1.165) is 12.1 Å². The minimum absolute atomic E-state index is 0.435. The van der Waals surface area contributed by atoms with Gasteiger partial charge < -0.3 is 20.4 Å². The number of phenols is 4. The molecule has 0 aliphatic rings. The van der Waals surface area contributed by atoms with Crippen LogP contribution in [0.25, 0.3) is 0 Å². The molecule has 2 rings (SSSR count). The zero-order valence-corrected chi connectivity index (χ0v) is 9.01. The molecule has 0 aromatic heterocycles. The van der Waals surface area contributed by atoms with Gasteiger partial charge in [0.05, 0.1) is 0 Å². The minimum atomic E-state index is -0.810. The van der Waals surface area contributed by atoms with Crippen LogP contribution in [0.5, 0.6) is 23.0 Å². The van der Waals surface area contributed by atoms with Gasteiger partial charge in [-0.25, -0.2) is 8.78 Å². The van der Waals surface area contributed by atoms with E-state index in [4.69, 9.17) is 20.4 Å². The Morgan fingerprint density at radius 3 is 1.17 bits per heavy atom. The van der Waals surface area contributed by atoms with E-state index in [1.165, 1.54) is 24.3 Å². The second kappa shape index (κ2) is 5.72. The number of hydrogen-bond acceptors (Lipinski definition) is 4. The van der Waals surface area contributed by atoms with Crippen molar-refractivity contribution in [1.82, 2.24) is 0 Å². The van der Waals surface area contributed by atoms with Crippen molar-refractivity contribution in [2.24, 2.45) is 0 Å². The third kappa shape index (κ3) is 3.24. The highest BCUT2D eigenvalue weighted by Gasteiger charge is 2.02. The molecule has 18 heavy (non-hydrogen) atoms. The van der Waals surface area contributed by atoms with Crippen molar-refractivity contribution < 1.29 is 29.2 Å². The van der Waals surface area contributed by atoms with Gasteiger partial charge >= 0.3 is 0 Å². The number of para-hydroxylation sites is 2. The van der Waals surface area contributed by atoms with Crippen LogP contribution >= 0.6 is 0 Å². The standard InChI is InChI=1S/2C6H5FO2/c2*7-4-2-1-3-5(8)6(4)9/h2*1-3,8-9H. The first-order chi connectivity index (χ1) is 8.43. The fraction of sp³-hybridized carbons (Fsp3) is 0. The molecule has 6 heteroatoms. The van der Waals surface area contributed by atoms with Gasteiger partial charge in [-0.05, 0) is 24.3 Å². The first kappa shape index (κ1) is 13.6. The van der Waals surface area contributed by atoms with Gasteiger partial charge in [-0.1, -0.05) is 12.1 Å². The van der Waals surface area contributed by atoms with Crippen LogP contribution in [-0.2, 0) is 0 Å². The summed E-state index contributed by atoms with van der Waals surface area (Å²) in [5, 5.41) is 34.4. The molecule has 0 aliphatic carbocycles. The molecule has 0 spiro atoms. The molecule has 2 aromatic rings. The molecule has 2 aromatic carbocycles. The van der Waals surface area contributed by atoms with E-state index in [2.05, 4.69) is 0 Å². The van der Waals surface area contributed by atoms with Gasteiger partial charge in [-0.15, -0.1) is 0 Å². The van der Waals surface area contributed by atoms with E-state index in [0.29, 0.717) is 0 Å². The lowest BCUT2D eigenvalue weighted by Crippen LogP contribution is -1.73. The number of benzene rings is 2. The molecule has 0 unspecified atom stereocenters. The summed E-state index contributed by atoms with van der Waals surface area (Å²) >= 11 is 0. The molecule has 0 fully saturated rings. The second-order valence-corrected chi connectivity index (χ2v) is 3.22. The number of halogens is 2. The Morgan fingerprint density at radius 2 is 0.944 bits per heavy atom. The van der Waals surface area contributed by atoms with Crippen LogP contribution in [0, 0.1) is 11.6 Å². The minimum Gasteiger partial charge on any atom is -0.504 e. The first-order valence-corrected chi connectivity index (χ1v) is 4.76. The van der Waals surface area contributed by atoms with Crippen molar-refractivity contribution in [2.75, 3.05) is 0 Å². The molecule has 0 atom stereocenters. The third-order valence-electron chi connectivity index (χ3n) is 1.93. The van der Waals surface area contributed by atoms with Gasteiger partial charge in [0.15, 0.2) is 34.6 Å². The van der Waals surface area contributed by atoms with Crippen molar-refractivity contribution in [2.45, 2.75) is 0 Å². The third-order valence-corrected chi connectivity index (χ3v) is 1.93. The average molecular weight is 256 g/mol. The molecule has 0 bridgehead atoms. The fourth-order valence-electron chi connectivity index (χ4n) is 1.01. The predicted molar refractivity (Wildman–Crippen MR) is 59.5 cm³/mol. The zero-order valence-electron chi connectivity index (χ0n) is 9.01. The normalized spacial score (nSPS) is 9.44. The van der Waals surface area contributed by atoms with E-state index in [-0.39, 0.29) is 0 Å². The summed E-state index contributed by atoms with van der Waals surface area (Å²) < 4.78 is 24.3. The van der Waals surface area contributed by atoms with Crippen molar-refractivity contribution in [3.05, 3.63) is 48.0 Å². The average Bonchev–Trinajstić information content (AvgIpc) is 2.34. The molecule has 96 valence electrons. The van der Waals surface area contributed by atoms with Crippen molar-refractivity contribution in [1.29, 1.82) is 0 Å². The Kier molecular flexibility index (Phi) is 4.31. The highest BCUT2D eigenvalue weighted by atomic mass is 19.1. The van der Waals surface area contributed by atoms with Crippen LogP contribution in [0.15, 0.2) is 36.4 Å². The summed E-state index contributed by atoms with van der Waals surface area (Å²) in [6, 6.07) is 7.16. The van der Waals surface area contributed by atoms with Crippen LogP contribution in [0.1, 0.15) is 0 Å². The van der Waals surface area contributed by atoms with Crippen LogP contribution in [0.4, 0.5) is 8.78 Å². The fourth-order valence-corrected chi connectivity index (χ4v) is 1.01. The van der Waals surface area contributed by atoms with E-state index in [1.54, 1.807) is 0 Å². The highest BCUT2D eigenvalue weighted by molar-refractivity contribution is 5.38. The quantitative estimate of drug-likeness (QED) is 0.546. The predicted octanol–water partition coefficient (Wildman–Crippen LogP) is 2.47. The lowest BCUT2D eigenvalue weighted by atomic mass is 10.3. The zero-order chi connectivity index (χ0) is 13.7. The molecule has 4 N–H and O–H groups in total. The summed E-state index contributed by atoms with van der Waals surface area (Å²) in [5.41, 5.74) is 0.